The number of benzene rings is 4. The number of fused-ring (bicyclic) bond motifs is 4. The van der Waals surface area contributed by atoms with Crippen molar-refractivity contribution < 1.29 is 9.47 Å². The summed E-state index contributed by atoms with van der Waals surface area (Å²) in [6.45, 7) is 9.45. The van der Waals surface area contributed by atoms with Crippen molar-refractivity contribution in [2.45, 2.75) is 56.8 Å². The molecule has 4 heteroatoms. The van der Waals surface area contributed by atoms with Gasteiger partial charge in [-0.05, 0) is 119 Å². The molecule has 4 nitrogen and oxygen atoms in total. The van der Waals surface area contributed by atoms with E-state index in [4.69, 9.17) is 20.9 Å². The third-order valence-corrected chi connectivity index (χ3v) is 8.19. The van der Waals surface area contributed by atoms with E-state index in [-0.39, 0.29) is 16.2 Å². The molecule has 4 N–H and O–H groups in total. The van der Waals surface area contributed by atoms with E-state index in [1.165, 1.54) is 22.3 Å². The Bertz CT molecular complexity index is 1370. The first-order valence-corrected chi connectivity index (χ1v) is 12.9. The quantitative estimate of drug-likeness (QED) is 0.284. The Morgan fingerprint density at radius 3 is 1.22 bits per heavy atom. The Morgan fingerprint density at radius 1 is 0.486 bits per heavy atom. The normalized spacial score (nSPS) is 17.8. The van der Waals surface area contributed by atoms with Gasteiger partial charge in [0.25, 0.3) is 0 Å². The van der Waals surface area contributed by atoms with Crippen molar-refractivity contribution in [2.75, 3.05) is 11.5 Å². The van der Waals surface area contributed by atoms with Gasteiger partial charge in [-0.2, -0.15) is 0 Å². The zero-order valence-electron chi connectivity index (χ0n) is 22.0. The molecule has 0 heterocycles. The largest absolute Gasteiger partial charge is 0.457 e. The zero-order chi connectivity index (χ0) is 26.0. The minimum Gasteiger partial charge on any atom is -0.457 e. The monoisotopic (exact) mass is 490 g/mol. The van der Waals surface area contributed by atoms with Gasteiger partial charge in [-0.3, -0.25) is 0 Å². The molecule has 0 saturated heterocycles. The zero-order valence-corrected chi connectivity index (χ0v) is 22.0. The second-order valence-electron chi connectivity index (χ2n) is 12.0. The molecule has 0 saturated carbocycles. The summed E-state index contributed by atoms with van der Waals surface area (Å²) in [5, 5.41) is 0. The van der Waals surface area contributed by atoms with Crippen LogP contribution >= 0.6 is 0 Å². The molecule has 0 amide bonds. The molecule has 1 spiro atoms. The molecule has 0 unspecified atom stereocenters. The lowest BCUT2D eigenvalue weighted by Gasteiger charge is -2.30. The van der Waals surface area contributed by atoms with E-state index in [1.54, 1.807) is 0 Å². The van der Waals surface area contributed by atoms with E-state index in [1.807, 2.05) is 48.5 Å². The van der Waals surface area contributed by atoms with Gasteiger partial charge in [0.05, 0.1) is 0 Å². The number of nitrogens with two attached hydrogens (primary N) is 2. The molecule has 0 bridgehead atoms. The van der Waals surface area contributed by atoms with Crippen molar-refractivity contribution in [1.82, 2.24) is 0 Å². The highest BCUT2D eigenvalue weighted by Crippen LogP contribution is 2.63. The lowest BCUT2D eigenvalue weighted by Crippen LogP contribution is -2.27. The molecular weight excluding hydrogens is 456 g/mol. The number of nitrogen functional groups attached to an aromatic ring is 2. The van der Waals surface area contributed by atoms with E-state index in [2.05, 4.69) is 64.1 Å². The van der Waals surface area contributed by atoms with Gasteiger partial charge in [-0.15, -0.1) is 0 Å². The van der Waals surface area contributed by atoms with Crippen molar-refractivity contribution in [1.29, 1.82) is 0 Å². The molecule has 4 aromatic rings. The highest BCUT2D eigenvalue weighted by molar-refractivity contribution is 5.62. The second kappa shape index (κ2) is 8.04. The van der Waals surface area contributed by atoms with Gasteiger partial charge in [-0.1, -0.05) is 39.8 Å². The van der Waals surface area contributed by atoms with E-state index in [9.17, 15) is 0 Å². The maximum absolute atomic E-state index is 6.29. The van der Waals surface area contributed by atoms with Crippen LogP contribution in [0.25, 0.3) is 0 Å². The Balaban J connectivity index is 1.45. The van der Waals surface area contributed by atoms with E-state index < -0.39 is 0 Å². The van der Waals surface area contributed by atoms with Crippen molar-refractivity contribution >= 4 is 11.4 Å². The molecule has 0 radical (unpaired) electrons. The predicted molar refractivity (Wildman–Crippen MR) is 151 cm³/mol. The third kappa shape index (κ3) is 3.92. The van der Waals surface area contributed by atoms with Gasteiger partial charge in [-0.25, -0.2) is 0 Å². The van der Waals surface area contributed by atoms with Crippen LogP contribution in [0.15, 0.2) is 84.9 Å². The predicted octanol–water partition coefficient (Wildman–Crippen LogP) is 8.08. The molecule has 0 atom stereocenters. The Kier molecular flexibility index (Phi) is 5.10. The summed E-state index contributed by atoms with van der Waals surface area (Å²) in [5.74, 6) is 3.26. The highest BCUT2D eigenvalue weighted by Gasteiger charge is 2.56. The Hall–Kier alpha value is -3.92. The third-order valence-electron chi connectivity index (χ3n) is 8.19. The summed E-state index contributed by atoms with van der Waals surface area (Å²) in [6.07, 6.45) is 2.09. The van der Waals surface area contributed by atoms with Gasteiger partial charge in [0.1, 0.15) is 23.0 Å². The standard InChI is InChI=1S/C33H34N2O2/c1-31(2)19-33(29-17-25(13-15-27(29)31)36-23-9-5-21(34)6-10-23)20-32(3,4)28-16-14-26(18-30(28)33)37-24-11-7-22(35)8-12-24/h5-18H,19-20,34-35H2,1-4H3. The van der Waals surface area contributed by atoms with Crippen LogP contribution in [0.2, 0.25) is 0 Å². The molecule has 0 aromatic heterocycles. The number of anilines is 2. The van der Waals surface area contributed by atoms with Gasteiger partial charge in [0, 0.05) is 16.8 Å². The molecule has 0 fully saturated rings. The summed E-state index contributed by atoms with van der Waals surface area (Å²) in [6, 6.07) is 28.4. The van der Waals surface area contributed by atoms with Crippen LogP contribution in [0, 0.1) is 0 Å². The maximum atomic E-state index is 6.29. The number of hydrogen-bond donors (Lipinski definition) is 2. The average Bonchev–Trinajstić information content (AvgIpc) is 3.21. The number of ether oxygens (including phenoxy) is 2. The molecule has 4 aromatic carbocycles. The van der Waals surface area contributed by atoms with Crippen LogP contribution in [-0.2, 0) is 16.2 Å². The second-order valence-corrected chi connectivity index (χ2v) is 12.0. The Labute approximate surface area is 219 Å². The first-order valence-electron chi connectivity index (χ1n) is 12.9. The fourth-order valence-electron chi connectivity index (χ4n) is 6.78. The molecule has 37 heavy (non-hydrogen) atoms. The minimum absolute atomic E-state index is 0.0422. The van der Waals surface area contributed by atoms with Gasteiger partial charge >= 0.3 is 0 Å². The summed E-state index contributed by atoms with van der Waals surface area (Å²) in [4.78, 5) is 0. The van der Waals surface area contributed by atoms with Crippen LogP contribution in [0.3, 0.4) is 0 Å². The molecule has 2 aliphatic carbocycles. The van der Waals surface area contributed by atoms with Crippen LogP contribution < -0.4 is 20.9 Å². The van der Waals surface area contributed by atoms with Crippen molar-refractivity contribution in [3.63, 3.8) is 0 Å². The lowest BCUT2D eigenvalue weighted by atomic mass is 9.72. The fourth-order valence-corrected chi connectivity index (χ4v) is 6.78. The van der Waals surface area contributed by atoms with Crippen molar-refractivity contribution in [3.8, 4) is 23.0 Å². The first kappa shape index (κ1) is 23.5. The molecule has 188 valence electrons. The van der Waals surface area contributed by atoms with Crippen LogP contribution in [0.5, 0.6) is 23.0 Å². The smallest absolute Gasteiger partial charge is 0.127 e. The van der Waals surface area contributed by atoms with Crippen LogP contribution in [0.4, 0.5) is 11.4 Å². The van der Waals surface area contributed by atoms with Crippen LogP contribution in [0.1, 0.15) is 62.8 Å². The van der Waals surface area contributed by atoms with Crippen molar-refractivity contribution in [3.05, 3.63) is 107 Å². The molecule has 2 aliphatic rings. The summed E-state index contributed by atoms with van der Waals surface area (Å²) in [7, 11) is 0. The van der Waals surface area contributed by atoms with Gasteiger partial charge in [0.2, 0.25) is 0 Å². The van der Waals surface area contributed by atoms with E-state index in [0.717, 1.165) is 47.2 Å². The lowest BCUT2D eigenvalue weighted by molar-refractivity contribution is 0.349. The average molecular weight is 491 g/mol. The van der Waals surface area contributed by atoms with E-state index >= 15 is 0 Å². The molecular formula is C33H34N2O2. The van der Waals surface area contributed by atoms with Gasteiger partial charge < -0.3 is 20.9 Å². The van der Waals surface area contributed by atoms with E-state index in [0.29, 0.717) is 0 Å². The maximum Gasteiger partial charge on any atom is 0.127 e. The summed E-state index contributed by atoms with van der Waals surface area (Å²) < 4.78 is 12.6. The minimum atomic E-state index is -0.112. The molecule has 0 aliphatic heterocycles. The fraction of sp³-hybridized carbons (Fsp3) is 0.273. The van der Waals surface area contributed by atoms with Crippen molar-refractivity contribution in [2.24, 2.45) is 0 Å². The SMILES string of the molecule is CC1(C)CC2(CC(C)(C)c3ccc(Oc4ccc(N)cc4)cc32)c2cc(Oc3ccc(N)cc3)ccc21. The summed E-state index contributed by atoms with van der Waals surface area (Å²) >= 11 is 0. The summed E-state index contributed by atoms with van der Waals surface area (Å²) in [5.41, 5.74) is 18.7. The molecule has 6 rings (SSSR count). The number of hydrogen-bond acceptors (Lipinski definition) is 4. The topological polar surface area (TPSA) is 70.5 Å². The van der Waals surface area contributed by atoms with Crippen LogP contribution in [-0.4, -0.2) is 0 Å². The first-order chi connectivity index (χ1) is 17.6. The highest BCUT2D eigenvalue weighted by atomic mass is 16.5. The Morgan fingerprint density at radius 2 is 0.838 bits per heavy atom. The van der Waals surface area contributed by atoms with Gasteiger partial charge in [0.15, 0.2) is 0 Å². The number of rotatable bonds is 4.